The van der Waals surface area contributed by atoms with Gasteiger partial charge in [0, 0.05) is 40.8 Å². The van der Waals surface area contributed by atoms with E-state index in [0.717, 1.165) is 36.1 Å². The molecule has 0 atom stereocenters. The van der Waals surface area contributed by atoms with Crippen molar-refractivity contribution in [3.63, 3.8) is 0 Å². The standard InChI is InChI=1S/C22H18BrN3OS/c23-17-6-7-20(27)16(10-17)12-25-22-19(11-24)18-8-9-26(14-21(18)28-22)13-15-4-2-1-3-5-15/h1-7,10,12,27H,8-9,13-14H2. The van der Waals surface area contributed by atoms with Crippen LogP contribution in [0.4, 0.5) is 5.00 Å². The Morgan fingerprint density at radius 1 is 1.25 bits per heavy atom. The van der Waals surface area contributed by atoms with Gasteiger partial charge in [0.25, 0.3) is 0 Å². The lowest BCUT2D eigenvalue weighted by molar-refractivity contribution is 0.249. The van der Waals surface area contributed by atoms with Gasteiger partial charge in [0.2, 0.25) is 0 Å². The summed E-state index contributed by atoms with van der Waals surface area (Å²) in [7, 11) is 0. The number of thiophene rings is 1. The lowest BCUT2D eigenvalue weighted by atomic mass is 10.0. The van der Waals surface area contributed by atoms with Gasteiger partial charge in [-0.15, -0.1) is 11.3 Å². The van der Waals surface area contributed by atoms with Crippen molar-refractivity contribution < 1.29 is 5.11 Å². The van der Waals surface area contributed by atoms with Crippen LogP contribution in [0.15, 0.2) is 58.0 Å². The van der Waals surface area contributed by atoms with E-state index in [2.05, 4.69) is 56.2 Å². The van der Waals surface area contributed by atoms with Crippen LogP contribution in [-0.2, 0) is 19.5 Å². The number of hydrogen-bond acceptors (Lipinski definition) is 5. The van der Waals surface area contributed by atoms with Gasteiger partial charge >= 0.3 is 0 Å². The van der Waals surface area contributed by atoms with E-state index < -0.39 is 0 Å². The summed E-state index contributed by atoms with van der Waals surface area (Å²) in [6, 6.07) is 18.0. The minimum Gasteiger partial charge on any atom is -0.507 e. The van der Waals surface area contributed by atoms with E-state index in [0.29, 0.717) is 16.1 Å². The minimum atomic E-state index is 0.167. The smallest absolute Gasteiger partial charge is 0.134 e. The van der Waals surface area contributed by atoms with Gasteiger partial charge in [-0.2, -0.15) is 5.26 Å². The highest BCUT2D eigenvalue weighted by Gasteiger charge is 2.24. The third kappa shape index (κ3) is 4.02. The number of aromatic hydroxyl groups is 1. The third-order valence-electron chi connectivity index (χ3n) is 4.79. The number of halogens is 1. The van der Waals surface area contributed by atoms with E-state index >= 15 is 0 Å². The van der Waals surface area contributed by atoms with Gasteiger partial charge in [0.05, 0.1) is 5.56 Å². The van der Waals surface area contributed by atoms with Gasteiger partial charge in [-0.05, 0) is 35.7 Å². The van der Waals surface area contributed by atoms with E-state index in [1.165, 1.54) is 10.4 Å². The molecule has 0 spiro atoms. The second-order valence-corrected chi connectivity index (χ2v) is 8.70. The van der Waals surface area contributed by atoms with Crippen molar-refractivity contribution >= 4 is 38.5 Å². The summed E-state index contributed by atoms with van der Waals surface area (Å²) < 4.78 is 0.870. The Hall–Kier alpha value is -2.46. The molecule has 1 aromatic heterocycles. The SMILES string of the molecule is N#Cc1c(N=Cc2cc(Br)ccc2O)sc2c1CCN(Cc1ccccc1)C2. The second-order valence-electron chi connectivity index (χ2n) is 6.70. The van der Waals surface area contributed by atoms with E-state index in [9.17, 15) is 10.4 Å². The molecule has 1 aliphatic rings. The molecule has 0 saturated carbocycles. The summed E-state index contributed by atoms with van der Waals surface area (Å²) >= 11 is 4.98. The highest BCUT2D eigenvalue weighted by atomic mass is 79.9. The summed E-state index contributed by atoms with van der Waals surface area (Å²) in [6.07, 6.45) is 2.49. The van der Waals surface area contributed by atoms with Crippen LogP contribution in [0.1, 0.15) is 27.1 Å². The van der Waals surface area contributed by atoms with Crippen molar-refractivity contribution in [3.05, 3.63) is 80.1 Å². The van der Waals surface area contributed by atoms with Crippen molar-refractivity contribution in [2.45, 2.75) is 19.5 Å². The van der Waals surface area contributed by atoms with Gasteiger partial charge in [-0.1, -0.05) is 46.3 Å². The first-order chi connectivity index (χ1) is 13.6. The van der Waals surface area contributed by atoms with Crippen molar-refractivity contribution in [2.24, 2.45) is 4.99 Å². The molecule has 0 saturated heterocycles. The largest absolute Gasteiger partial charge is 0.507 e. The molecule has 4 nitrogen and oxygen atoms in total. The number of aliphatic imine (C=N–C) groups is 1. The number of hydrogen-bond donors (Lipinski definition) is 1. The Labute approximate surface area is 176 Å². The van der Waals surface area contributed by atoms with Crippen LogP contribution in [-0.4, -0.2) is 22.8 Å². The first-order valence-corrected chi connectivity index (χ1v) is 10.6. The van der Waals surface area contributed by atoms with Gasteiger partial charge < -0.3 is 5.11 Å². The molecule has 3 aromatic rings. The lowest BCUT2D eigenvalue weighted by Gasteiger charge is -2.26. The Balaban J connectivity index is 1.57. The molecule has 0 bridgehead atoms. The quantitative estimate of drug-likeness (QED) is 0.540. The predicted octanol–water partition coefficient (Wildman–Crippen LogP) is 5.40. The number of phenolic OH excluding ortho intramolecular Hbond substituents is 1. The summed E-state index contributed by atoms with van der Waals surface area (Å²) in [5, 5.41) is 20.4. The molecule has 2 heterocycles. The van der Waals surface area contributed by atoms with Crippen molar-refractivity contribution in [1.82, 2.24) is 4.90 Å². The number of nitrogens with zero attached hydrogens (tertiary/aromatic N) is 3. The first kappa shape index (κ1) is 18.9. The highest BCUT2D eigenvalue weighted by molar-refractivity contribution is 9.10. The van der Waals surface area contributed by atoms with Crippen LogP contribution < -0.4 is 0 Å². The molecular formula is C22H18BrN3OS. The maximum atomic E-state index is 10.00. The lowest BCUT2D eigenvalue weighted by Crippen LogP contribution is -2.29. The Bertz CT molecular complexity index is 1070. The molecule has 1 N–H and O–H groups in total. The number of benzene rings is 2. The fraction of sp³-hybridized carbons (Fsp3) is 0.182. The normalized spacial score (nSPS) is 14.1. The molecule has 6 heteroatoms. The van der Waals surface area contributed by atoms with Gasteiger partial charge in [-0.3, -0.25) is 4.90 Å². The average Bonchev–Trinajstić information content (AvgIpc) is 3.06. The fourth-order valence-electron chi connectivity index (χ4n) is 3.38. The summed E-state index contributed by atoms with van der Waals surface area (Å²) in [5.41, 5.74) is 3.72. The van der Waals surface area contributed by atoms with Crippen LogP contribution in [0, 0.1) is 11.3 Å². The molecule has 28 heavy (non-hydrogen) atoms. The van der Waals surface area contributed by atoms with Crippen LogP contribution >= 0.6 is 27.3 Å². The van der Waals surface area contributed by atoms with Crippen LogP contribution in [0.25, 0.3) is 0 Å². The van der Waals surface area contributed by atoms with E-state index in [4.69, 9.17) is 0 Å². The van der Waals surface area contributed by atoms with Gasteiger partial charge in [0.1, 0.15) is 16.8 Å². The highest BCUT2D eigenvalue weighted by Crippen LogP contribution is 2.39. The number of rotatable bonds is 4. The third-order valence-corrected chi connectivity index (χ3v) is 6.41. The molecule has 1 aliphatic heterocycles. The zero-order valence-corrected chi connectivity index (χ0v) is 17.5. The maximum absolute atomic E-state index is 10.00. The van der Waals surface area contributed by atoms with Gasteiger partial charge in [-0.25, -0.2) is 4.99 Å². The van der Waals surface area contributed by atoms with Crippen LogP contribution in [0.3, 0.4) is 0 Å². The van der Waals surface area contributed by atoms with E-state index in [1.807, 2.05) is 6.07 Å². The zero-order chi connectivity index (χ0) is 19.5. The van der Waals surface area contributed by atoms with Crippen LogP contribution in [0.2, 0.25) is 0 Å². The zero-order valence-electron chi connectivity index (χ0n) is 15.1. The number of phenols is 1. The fourth-order valence-corrected chi connectivity index (χ4v) is 4.94. The van der Waals surface area contributed by atoms with Crippen molar-refractivity contribution in [2.75, 3.05) is 6.54 Å². The average molecular weight is 452 g/mol. The summed E-state index contributed by atoms with van der Waals surface area (Å²) in [5.74, 6) is 0.167. The van der Waals surface area contributed by atoms with E-state index in [-0.39, 0.29) is 5.75 Å². The monoisotopic (exact) mass is 451 g/mol. The molecule has 2 aromatic carbocycles. The van der Waals surface area contributed by atoms with Crippen LogP contribution in [0.5, 0.6) is 5.75 Å². The maximum Gasteiger partial charge on any atom is 0.134 e. The minimum absolute atomic E-state index is 0.167. The summed E-state index contributed by atoms with van der Waals surface area (Å²) in [4.78, 5) is 8.15. The molecule has 0 fully saturated rings. The molecule has 0 unspecified atom stereocenters. The number of nitriles is 1. The predicted molar refractivity (Wildman–Crippen MR) is 116 cm³/mol. The Kier molecular flexibility index (Phi) is 5.58. The molecule has 140 valence electrons. The molecule has 0 aliphatic carbocycles. The summed E-state index contributed by atoms with van der Waals surface area (Å²) in [6.45, 7) is 2.68. The molecule has 0 radical (unpaired) electrons. The molecule has 0 amide bonds. The Morgan fingerprint density at radius 3 is 2.86 bits per heavy atom. The van der Waals surface area contributed by atoms with Crippen molar-refractivity contribution in [1.29, 1.82) is 5.26 Å². The second kappa shape index (κ2) is 8.27. The topological polar surface area (TPSA) is 59.6 Å². The molecular weight excluding hydrogens is 434 g/mol. The molecule has 4 rings (SSSR count). The van der Waals surface area contributed by atoms with E-state index in [1.54, 1.807) is 35.8 Å². The number of fused-ring (bicyclic) bond motifs is 1. The Morgan fingerprint density at radius 2 is 2.07 bits per heavy atom. The first-order valence-electron chi connectivity index (χ1n) is 8.97. The van der Waals surface area contributed by atoms with Crippen molar-refractivity contribution in [3.8, 4) is 11.8 Å². The van der Waals surface area contributed by atoms with Gasteiger partial charge in [0.15, 0.2) is 0 Å².